The van der Waals surface area contributed by atoms with Gasteiger partial charge in [-0.1, -0.05) is 24.3 Å². The minimum absolute atomic E-state index is 0.00428. The van der Waals surface area contributed by atoms with Crippen LogP contribution in [-0.4, -0.2) is 31.2 Å². The van der Waals surface area contributed by atoms with Crippen LogP contribution in [0.1, 0.15) is 31.0 Å². The van der Waals surface area contributed by atoms with E-state index in [0.29, 0.717) is 0 Å². The van der Waals surface area contributed by atoms with Gasteiger partial charge in [0.15, 0.2) is 0 Å². The van der Waals surface area contributed by atoms with Crippen molar-refractivity contribution in [3.05, 3.63) is 35.4 Å². The van der Waals surface area contributed by atoms with Crippen molar-refractivity contribution >= 4 is 5.91 Å². The molecule has 1 aromatic rings. The molecule has 1 saturated heterocycles. The van der Waals surface area contributed by atoms with E-state index in [-0.39, 0.29) is 24.2 Å². The largest absolute Gasteiger partial charge is 0.363 e. The molecule has 0 unspecified atom stereocenters. The van der Waals surface area contributed by atoms with Gasteiger partial charge < -0.3 is 15.4 Å². The van der Waals surface area contributed by atoms with Gasteiger partial charge >= 0.3 is 0 Å². The number of rotatable bonds is 5. The molecule has 2 rings (SSSR count). The van der Waals surface area contributed by atoms with Gasteiger partial charge in [0.25, 0.3) is 0 Å². The smallest absolute Gasteiger partial charge is 0.246 e. The summed E-state index contributed by atoms with van der Waals surface area (Å²) in [7, 11) is 0. The molecule has 1 fully saturated rings. The molecule has 19 heavy (non-hydrogen) atoms. The molecule has 1 amide bonds. The third-order valence-corrected chi connectivity index (χ3v) is 3.58. The number of nitrogens with one attached hydrogen (secondary N) is 2. The monoisotopic (exact) mass is 262 g/mol. The van der Waals surface area contributed by atoms with E-state index < -0.39 is 0 Å². The normalized spacial score (nSPS) is 18.5. The Labute approximate surface area is 114 Å². The van der Waals surface area contributed by atoms with E-state index in [0.717, 1.165) is 18.7 Å². The summed E-state index contributed by atoms with van der Waals surface area (Å²) in [6, 6.07) is 8.08. The van der Waals surface area contributed by atoms with Crippen LogP contribution in [0.25, 0.3) is 0 Å². The minimum atomic E-state index is -0.177. The van der Waals surface area contributed by atoms with E-state index in [9.17, 15) is 4.79 Å². The molecule has 0 radical (unpaired) electrons. The number of hydrogen-bond donors (Lipinski definition) is 2. The van der Waals surface area contributed by atoms with Gasteiger partial charge in [0.2, 0.25) is 5.91 Å². The van der Waals surface area contributed by atoms with E-state index >= 15 is 0 Å². The number of ether oxygens (including phenoxy) is 1. The van der Waals surface area contributed by atoms with Crippen molar-refractivity contribution in [3.63, 3.8) is 0 Å². The Balaban J connectivity index is 1.83. The average Bonchev–Trinajstić information content (AvgIpc) is 2.34. The van der Waals surface area contributed by atoms with Crippen molar-refractivity contribution in [1.82, 2.24) is 10.6 Å². The van der Waals surface area contributed by atoms with Crippen LogP contribution < -0.4 is 10.6 Å². The zero-order chi connectivity index (χ0) is 13.9. The lowest BCUT2D eigenvalue weighted by molar-refractivity contribution is -0.136. The molecule has 1 heterocycles. The summed E-state index contributed by atoms with van der Waals surface area (Å²) in [5, 5.41) is 6.12. The van der Waals surface area contributed by atoms with Gasteiger partial charge in [-0.05, 0) is 31.9 Å². The Kier molecular flexibility index (Phi) is 4.22. The third kappa shape index (κ3) is 3.55. The van der Waals surface area contributed by atoms with E-state index in [1.165, 1.54) is 5.56 Å². The molecule has 0 spiro atoms. The van der Waals surface area contributed by atoms with Gasteiger partial charge in [-0.2, -0.15) is 0 Å². The highest BCUT2D eigenvalue weighted by Crippen LogP contribution is 2.17. The van der Waals surface area contributed by atoms with Crippen LogP contribution in [0, 0.1) is 6.92 Å². The van der Waals surface area contributed by atoms with Crippen LogP contribution in [0.5, 0.6) is 0 Å². The van der Waals surface area contributed by atoms with Crippen molar-refractivity contribution in [2.45, 2.75) is 32.4 Å². The van der Waals surface area contributed by atoms with E-state index in [2.05, 4.69) is 23.6 Å². The van der Waals surface area contributed by atoms with Crippen LogP contribution in [0.4, 0.5) is 0 Å². The number of carbonyl (C=O) groups is 1. The Hall–Kier alpha value is -1.39. The predicted octanol–water partition coefficient (Wildman–Crippen LogP) is 1.55. The van der Waals surface area contributed by atoms with Gasteiger partial charge in [-0.15, -0.1) is 0 Å². The molecule has 104 valence electrons. The van der Waals surface area contributed by atoms with Crippen LogP contribution in [0.15, 0.2) is 24.3 Å². The lowest BCUT2D eigenvalue weighted by atomic mass is 10.0. The summed E-state index contributed by atoms with van der Waals surface area (Å²) in [6.45, 7) is 7.81. The van der Waals surface area contributed by atoms with E-state index in [4.69, 9.17) is 4.74 Å². The second-order valence-electron chi connectivity index (χ2n) is 5.49. The quantitative estimate of drug-likeness (QED) is 0.846. The number of carbonyl (C=O) groups excluding carboxylic acids is 1. The molecule has 0 aliphatic carbocycles. The highest BCUT2D eigenvalue weighted by atomic mass is 16.5. The van der Waals surface area contributed by atoms with Crippen molar-refractivity contribution in [2.24, 2.45) is 0 Å². The van der Waals surface area contributed by atoms with E-state index in [1.54, 1.807) is 0 Å². The summed E-state index contributed by atoms with van der Waals surface area (Å²) in [6.07, 6.45) is 0. The average molecular weight is 262 g/mol. The summed E-state index contributed by atoms with van der Waals surface area (Å²) in [5.41, 5.74) is 2.15. The first-order valence-corrected chi connectivity index (χ1v) is 6.70. The molecule has 0 aromatic heterocycles. The number of aryl methyl sites for hydroxylation is 1. The zero-order valence-electron chi connectivity index (χ0n) is 11.8. The topological polar surface area (TPSA) is 50.4 Å². The van der Waals surface area contributed by atoms with Crippen molar-refractivity contribution in [2.75, 3.05) is 19.7 Å². The van der Waals surface area contributed by atoms with Crippen LogP contribution >= 0.6 is 0 Å². The molecule has 1 aliphatic rings. The number of benzene rings is 1. The van der Waals surface area contributed by atoms with Crippen molar-refractivity contribution in [1.29, 1.82) is 0 Å². The fourth-order valence-electron chi connectivity index (χ4n) is 2.25. The summed E-state index contributed by atoms with van der Waals surface area (Å²) in [5.74, 6) is -0.0659. The number of amides is 1. The molecular weight excluding hydrogens is 240 g/mol. The predicted molar refractivity (Wildman–Crippen MR) is 75.0 cm³/mol. The van der Waals surface area contributed by atoms with Crippen molar-refractivity contribution in [3.8, 4) is 0 Å². The van der Waals surface area contributed by atoms with Gasteiger partial charge in [-0.25, -0.2) is 0 Å². The first-order valence-electron chi connectivity index (χ1n) is 6.70. The summed E-state index contributed by atoms with van der Waals surface area (Å²) in [4.78, 5) is 11.9. The standard InChI is InChI=1S/C15H22N2O2/c1-11-6-4-5-7-13(11)12(2)17-14(18)8-19-15(3)9-16-10-15/h4-7,12,16H,8-10H2,1-3H3,(H,17,18)/t12-/m1/s1. The van der Waals surface area contributed by atoms with Crippen LogP contribution in [-0.2, 0) is 9.53 Å². The first kappa shape index (κ1) is 14.0. The van der Waals surface area contributed by atoms with Crippen LogP contribution in [0.2, 0.25) is 0 Å². The molecule has 4 heteroatoms. The maximum Gasteiger partial charge on any atom is 0.246 e. The second-order valence-corrected chi connectivity index (χ2v) is 5.49. The lowest BCUT2D eigenvalue weighted by Gasteiger charge is -2.38. The fourth-order valence-corrected chi connectivity index (χ4v) is 2.25. The molecule has 1 atom stereocenters. The van der Waals surface area contributed by atoms with Gasteiger partial charge in [0.05, 0.1) is 11.6 Å². The Morgan fingerprint density at radius 3 is 2.74 bits per heavy atom. The van der Waals surface area contributed by atoms with Crippen LogP contribution in [0.3, 0.4) is 0 Å². The van der Waals surface area contributed by atoms with Gasteiger partial charge in [0, 0.05) is 13.1 Å². The number of hydrogen-bond acceptors (Lipinski definition) is 3. The molecular formula is C15H22N2O2. The Morgan fingerprint density at radius 2 is 2.16 bits per heavy atom. The second kappa shape index (κ2) is 5.72. The molecule has 1 aliphatic heterocycles. The lowest BCUT2D eigenvalue weighted by Crippen LogP contribution is -2.59. The van der Waals surface area contributed by atoms with E-state index in [1.807, 2.05) is 32.0 Å². The van der Waals surface area contributed by atoms with Gasteiger partial charge in [-0.3, -0.25) is 4.79 Å². The van der Waals surface area contributed by atoms with Gasteiger partial charge in [0.1, 0.15) is 6.61 Å². The minimum Gasteiger partial charge on any atom is -0.363 e. The third-order valence-electron chi connectivity index (χ3n) is 3.58. The molecule has 1 aromatic carbocycles. The molecule has 4 nitrogen and oxygen atoms in total. The highest BCUT2D eigenvalue weighted by molar-refractivity contribution is 5.77. The molecule has 2 N–H and O–H groups in total. The maximum atomic E-state index is 11.9. The fraction of sp³-hybridized carbons (Fsp3) is 0.533. The Bertz CT molecular complexity index is 455. The SMILES string of the molecule is Cc1ccccc1[C@@H](C)NC(=O)COC1(C)CNC1. The van der Waals surface area contributed by atoms with Crippen molar-refractivity contribution < 1.29 is 9.53 Å². The summed E-state index contributed by atoms with van der Waals surface area (Å²) < 4.78 is 5.62. The zero-order valence-corrected chi connectivity index (χ0v) is 11.8. The Morgan fingerprint density at radius 1 is 1.47 bits per heavy atom. The molecule has 0 saturated carbocycles. The maximum absolute atomic E-state index is 11.9. The summed E-state index contributed by atoms with van der Waals surface area (Å²) >= 11 is 0. The first-order chi connectivity index (χ1) is 9.00. The molecule has 0 bridgehead atoms. The highest BCUT2D eigenvalue weighted by Gasteiger charge is 2.33.